The molecular weight excluding hydrogens is 329 g/mol. The molecule has 1 N–H and O–H groups in total. The van der Waals surface area contributed by atoms with Crippen molar-refractivity contribution in [1.82, 2.24) is 14.7 Å². The lowest BCUT2D eigenvalue weighted by Crippen LogP contribution is -2.39. The Morgan fingerprint density at radius 2 is 2.18 bits per heavy atom. The topological polar surface area (TPSA) is 41.3 Å². The van der Waals surface area contributed by atoms with Crippen molar-refractivity contribution in [2.45, 2.75) is 32.4 Å². The molecule has 5 heteroatoms. The van der Waals surface area contributed by atoms with Crippen LogP contribution in [0.25, 0.3) is 0 Å². The average molecular weight is 349 g/mol. The van der Waals surface area contributed by atoms with Crippen LogP contribution in [-0.2, 0) is 6.54 Å². The molecule has 0 radical (unpaired) electrons. The molecule has 1 aliphatic rings. The summed E-state index contributed by atoms with van der Waals surface area (Å²) in [6.45, 7) is 5.90. The normalized spacial score (nSPS) is 20.6. The van der Waals surface area contributed by atoms with Gasteiger partial charge in [-0.2, -0.15) is 5.10 Å². The van der Waals surface area contributed by atoms with E-state index in [1.54, 1.807) is 0 Å². The molecule has 4 nitrogen and oxygen atoms in total. The van der Waals surface area contributed by atoms with Gasteiger partial charge in [0.05, 0.1) is 22.4 Å². The Kier molecular flexibility index (Phi) is 4.81. The van der Waals surface area contributed by atoms with Gasteiger partial charge >= 0.3 is 0 Å². The fraction of sp³-hybridized carbons (Fsp3) is 0.750. The summed E-state index contributed by atoms with van der Waals surface area (Å²) in [4.78, 5) is 2.36. The Morgan fingerprint density at radius 3 is 2.76 bits per heavy atom. The number of nitrogens with zero attached hydrogens (tertiary/aromatic N) is 3. The van der Waals surface area contributed by atoms with Gasteiger partial charge in [0, 0.05) is 12.7 Å². The smallest absolute Gasteiger partial charge is 0.0862 e. The Hall–Kier alpha value is -0.140. The van der Waals surface area contributed by atoms with Crippen molar-refractivity contribution in [3.05, 3.63) is 16.0 Å². The molecule has 1 aromatic rings. The van der Waals surface area contributed by atoms with E-state index in [1.807, 2.05) is 17.1 Å². The van der Waals surface area contributed by atoms with Crippen LogP contribution in [0, 0.1) is 9.49 Å². The summed E-state index contributed by atoms with van der Waals surface area (Å²) in [5.74, 6) is 0.844. The number of hydrogen-bond donors (Lipinski definition) is 1. The van der Waals surface area contributed by atoms with E-state index in [2.05, 4.69) is 39.5 Å². The van der Waals surface area contributed by atoms with Crippen LogP contribution in [0.3, 0.4) is 0 Å². The zero-order valence-corrected chi connectivity index (χ0v) is 12.4. The molecule has 2 heterocycles. The van der Waals surface area contributed by atoms with Gasteiger partial charge in [0.2, 0.25) is 0 Å². The summed E-state index contributed by atoms with van der Waals surface area (Å²) in [5, 5.41) is 14.2. The molecule has 1 atom stereocenters. The van der Waals surface area contributed by atoms with E-state index >= 15 is 0 Å². The lowest BCUT2D eigenvalue weighted by Gasteiger charge is -2.31. The maximum absolute atomic E-state index is 10.0. The molecule has 1 saturated heterocycles. The molecule has 0 bridgehead atoms. The van der Waals surface area contributed by atoms with Crippen LogP contribution in [0.1, 0.15) is 19.8 Å². The minimum atomic E-state index is -0.320. The number of hydrogen-bond acceptors (Lipinski definition) is 3. The van der Waals surface area contributed by atoms with Crippen molar-refractivity contribution in [1.29, 1.82) is 0 Å². The fourth-order valence-corrected chi connectivity index (χ4v) is 2.70. The monoisotopic (exact) mass is 349 g/mol. The highest BCUT2D eigenvalue weighted by atomic mass is 127. The Balaban J connectivity index is 1.75. The van der Waals surface area contributed by atoms with Crippen LogP contribution in [-0.4, -0.2) is 45.5 Å². The van der Waals surface area contributed by atoms with Crippen LogP contribution in [0.15, 0.2) is 12.4 Å². The average Bonchev–Trinajstić information content (AvgIpc) is 2.67. The maximum Gasteiger partial charge on any atom is 0.0862 e. The van der Waals surface area contributed by atoms with Crippen LogP contribution < -0.4 is 0 Å². The van der Waals surface area contributed by atoms with E-state index in [1.165, 1.54) is 12.8 Å². The SMILES string of the molecule is CC1CCN(C[C@H](O)Cn2cc(I)cn2)CC1. The van der Waals surface area contributed by atoms with Gasteiger partial charge in [0.15, 0.2) is 0 Å². The van der Waals surface area contributed by atoms with Crippen LogP contribution in [0.2, 0.25) is 0 Å². The highest BCUT2D eigenvalue weighted by molar-refractivity contribution is 14.1. The summed E-state index contributed by atoms with van der Waals surface area (Å²) in [7, 11) is 0. The van der Waals surface area contributed by atoms with E-state index in [9.17, 15) is 5.11 Å². The van der Waals surface area contributed by atoms with Crippen molar-refractivity contribution < 1.29 is 5.11 Å². The lowest BCUT2D eigenvalue weighted by atomic mass is 9.99. The third-order valence-corrected chi connectivity index (χ3v) is 3.90. The first-order valence-electron chi connectivity index (χ1n) is 6.22. The van der Waals surface area contributed by atoms with E-state index in [4.69, 9.17) is 0 Å². The number of aliphatic hydroxyl groups excluding tert-OH is 1. The molecule has 0 unspecified atom stereocenters. The molecule has 17 heavy (non-hydrogen) atoms. The number of aliphatic hydroxyl groups is 1. The second kappa shape index (κ2) is 6.15. The third-order valence-electron chi connectivity index (χ3n) is 3.34. The Morgan fingerprint density at radius 1 is 1.47 bits per heavy atom. The van der Waals surface area contributed by atoms with Gasteiger partial charge in [-0.05, 0) is 54.4 Å². The molecule has 0 amide bonds. The number of likely N-dealkylation sites (tertiary alicyclic amines) is 1. The molecule has 1 aliphatic heterocycles. The number of halogens is 1. The van der Waals surface area contributed by atoms with E-state index < -0.39 is 0 Å². The molecule has 0 saturated carbocycles. The van der Waals surface area contributed by atoms with Crippen LogP contribution in [0.5, 0.6) is 0 Å². The highest BCUT2D eigenvalue weighted by Crippen LogP contribution is 2.16. The van der Waals surface area contributed by atoms with Gasteiger partial charge in [-0.1, -0.05) is 6.92 Å². The summed E-state index contributed by atoms with van der Waals surface area (Å²) >= 11 is 2.23. The van der Waals surface area contributed by atoms with Gasteiger partial charge in [-0.3, -0.25) is 4.68 Å². The minimum absolute atomic E-state index is 0.320. The number of β-amino-alcohol motifs (C(OH)–C–C–N with tert-alkyl or cyclic N) is 1. The fourth-order valence-electron chi connectivity index (χ4n) is 2.25. The summed E-state index contributed by atoms with van der Waals surface area (Å²) in [6.07, 6.45) is 5.97. The molecule has 1 aromatic heterocycles. The third kappa shape index (κ3) is 4.22. The van der Waals surface area contributed by atoms with E-state index in [0.29, 0.717) is 6.54 Å². The lowest BCUT2D eigenvalue weighted by molar-refractivity contribution is 0.0777. The number of rotatable bonds is 4. The molecule has 0 aromatic carbocycles. The summed E-state index contributed by atoms with van der Waals surface area (Å²) in [5.41, 5.74) is 0. The maximum atomic E-state index is 10.0. The van der Waals surface area contributed by atoms with Crippen LogP contribution in [0.4, 0.5) is 0 Å². The molecule has 2 rings (SSSR count). The first kappa shape index (κ1) is 13.3. The first-order valence-corrected chi connectivity index (χ1v) is 7.29. The largest absolute Gasteiger partial charge is 0.390 e. The molecule has 96 valence electrons. The first-order chi connectivity index (χ1) is 8.13. The second-order valence-electron chi connectivity index (χ2n) is 5.02. The van der Waals surface area contributed by atoms with Gasteiger partial charge in [0.25, 0.3) is 0 Å². The number of piperidine rings is 1. The molecule has 0 aliphatic carbocycles. The molecule has 1 fully saturated rings. The van der Waals surface area contributed by atoms with Crippen molar-refractivity contribution in [2.75, 3.05) is 19.6 Å². The van der Waals surface area contributed by atoms with Crippen molar-refractivity contribution in [3.8, 4) is 0 Å². The predicted octanol–water partition coefficient (Wildman–Crippen LogP) is 1.58. The molecule has 0 spiro atoms. The van der Waals surface area contributed by atoms with Gasteiger partial charge in [-0.15, -0.1) is 0 Å². The van der Waals surface area contributed by atoms with E-state index in [0.717, 1.165) is 29.1 Å². The Bertz CT molecular complexity index is 347. The highest BCUT2D eigenvalue weighted by Gasteiger charge is 2.18. The van der Waals surface area contributed by atoms with Crippen molar-refractivity contribution in [2.24, 2.45) is 5.92 Å². The summed E-state index contributed by atoms with van der Waals surface area (Å²) < 4.78 is 2.93. The van der Waals surface area contributed by atoms with Gasteiger partial charge < -0.3 is 10.0 Å². The molecular formula is C12H20IN3O. The minimum Gasteiger partial charge on any atom is -0.390 e. The van der Waals surface area contributed by atoms with E-state index in [-0.39, 0.29) is 6.10 Å². The van der Waals surface area contributed by atoms with Crippen molar-refractivity contribution in [3.63, 3.8) is 0 Å². The Labute approximate surface area is 116 Å². The zero-order chi connectivity index (χ0) is 12.3. The number of aromatic nitrogens is 2. The predicted molar refractivity (Wildman–Crippen MR) is 75.8 cm³/mol. The summed E-state index contributed by atoms with van der Waals surface area (Å²) in [6, 6.07) is 0. The standard InChI is InChI=1S/C12H20IN3O/c1-10-2-4-15(5-3-10)8-12(17)9-16-7-11(13)6-14-16/h6-7,10,12,17H,2-5,8-9H2,1H3/t12-/m0/s1. The zero-order valence-electron chi connectivity index (χ0n) is 10.2. The van der Waals surface area contributed by atoms with Crippen molar-refractivity contribution >= 4 is 22.6 Å². The quantitative estimate of drug-likeness (QED) is 0.840. The van der Waals surface area contributed by atoms with Gasteiger partial charge in [0.1, 0.15) is 0 Å². The second-order valence-corrected chi connectivity index (χ2v) is 6.26. The van der Waals surface area contributed by atoms with Crippen LogP contribution >= 0.6 is 22.6 Å². The van der Waals surface area contributed by atoms with Gasteiger partial charge in [-0.25, -0.2) is 0 Å².